The van der Waals surface area contributed by atoms with Crippen LogP contribution in [-0.4, -0.2) is 50.1 Å². The Morgan fingerprint density at radius 2 is 2.21 bits per heavy atom. The summed E-state index contributed by atoms with van der Waals surface area (Å²) in [6, 6.07) is 4.85. The molecule has 0 aromatic heterocycles. The van der Waals surface area contributed by atoms with Crippen molar-refractivity contribution in [3.63, 3.8) is 0 Å². The number of nitrogens with zero attached hydrogens (tertiary/aromatic N) is 2. The van der Waals surface area contributed by atoms with E-state index >= 15 is 0 Å². The summed E-state index contributed by atoms with van der Waals surface area (Å²) in [6.07, 6.45) is 2.28. The van der Waals surface area contributed by atoms with E-state index in [2.05, 4.69) is 19.9 Å². The molecule has 1 heterocycles. The van der Waals surface area contributed by atoms with Gasteiger partial charge in [0, 0.05) is 26.1 Å². The minimum atomic E-state index is -2.93. The summed E-state index contributed by atoms with van der Waals surface area (Å²) < 4.78 is 34.8. The number of rotatable bonds is 8. The maximum Gasteiger partial charge on any atom is 0.387 e. The molecule has 9 heteroatoms. The van der Waals surface area contributed by atoms with Crippen molar-refractivity contribution in [2.45, 2.75) is 39.3 Å². The number of guanidine groups is 1. The molecule has 1 saturated heterocycles. The van der Waals surface area contributed by atoms with Crippen LogP contribution in [-0.2, 0) is 11.3 Å². The Kier molecular flexibility index (Phi) is 8.28. The van der Waals surface area contributed by atoms with Gasteiger partial charge in [0.2, 0.25) is 5.91 Å². The zero-order chi connectivity index (χ0) is 20.5. The molecule has 1 aliphatic heterocycles. The lowest BCUT2D eigenvalue weighted by Gasteiger charge is -2.34. The number of halogens is 2. The number of carbonyl (C=O) groups is 1. The van der Waals surface area contributed by atoms with Crippen molar-refractivity contribution < 1.29 is 23.0 Å². The molecule has 0 bridgehead atoms. The van der Waals surface area contributed by atoms with Crippen molar-refractivity contribution in [2.24, 2.45) is 16.6 Å². The number of benzene rings is 1. The molecule has 28 heavy (non-hydrogen) atoms. The van der Waals surface area contributed by atoms with E-state index in [1.807, 2.05) is 6.92 Å². The molecular formula is C19H28F2N4O3. The van der Waals surface area contributed by atoms with Crippen LogP contribution >= 0.6 is 0 Å². The van der Waals surface area contributed by atoms with Crippen LogP contribution in [0.2, 0.25) is 0 Å². The van der Waals surface area contributed by atoms with Crippen molar-refractivity contribution >= 4 is 11.9 Å². The Morgan fingerprint density at radius 3 is 2.86 bits per heavy atom. The molecule has 1 aromatic carbocycles. The van der Waals surface area contributed by atoms with Crippen LogP contribution in [0.15, 0.2) is 23.2 Å². The molecule has 7 nitrogen and oxygen atoms in total. The number of hydrogen-bond acceptors (Lipinski definition) is 4. The highest BCUT2D eigenvalue weighted by Gasteiger charge is 2.23. The predicted octanol–water partition coefficient (Wildman–Crippen LogP) is 2.35. The minimum Gasteiger partial charge on any atom is -0.493 e. The number of amides is 1. The average molecular weight is 398 g/mol. The van der Waals surface area contributed by atoms with Gasteiger partial charge in [-0.15, -0.1) is 0 Å². The van der Waals surface area contributed by atoms with Gasteiger partial charge in [0.1, 0.15) is 0 Å². The largest absolute Gasteiger partial charge is 0.493 e. The second-order valence-electron chi connectivity index (χ2n) is 6.66. The molecule has 156 valence electrons. The number of carbonyl (C=O) groups excluding carboxylic acids is 1. The molecule has 1 amide bonds. The van der Waals surface area contributed by atoms with Gasteiger partial charge in [-0.25, -0.2) is 4.99 Å². The number of aliphatic imine (C=N–C) groups is 1. The number of ether oxygens (including phenoxy) is 2. The molecule has 1 unspecified atom stereocenters. The molecule has 1 atom stereocenters. The summed E-state index contributed by atoms with van der Waals surface area (Å²) in [5, 5.41) is 3.25. The first kappa shape index (κ1) is 21.7. The standard InChI is InChI=1S/C19H28F2N4O3/c1-3-23-19(25-8-4-5-14(12-25)10-17(22)26)24-11-13-6-7-15(27-2)16(9-13)28-18(20)21/h6-7,9,14,18H,3-5,8,10-12H2,1-2H3,(H2,22,26)(H,23,24). The third-order valence-electron chi connectivity index (χ3n) is 4.50. The lowest BCUT2D eigenvalue weighted by molar-refractivity contribution is -0.119. The zero-order valence-electron chi connectivity index (χ0n) is 16.3. The van der Waals surface area contributed by atoms with Gasteiger partial charge in [0.15, 0.2) is 17.5 Å². The van der Waals surface area contributed by atoms with Gasteiger partial charge >= 0.3 is 6.61 Å². The molecule has 0 spiro atoms. The van der Waals surface area contributed by atoms with E-state index in [9.17, 15) is 13.6 Å². The SMILES string of the molecule is CCNC(=NCc1ccc(OC)c(OC(F)F)c1)N1CCCC(CC(N)=O)C1. The summed E-state index contributed by atoms with van der Waals surface area (Å²) in [5.74, 6) is 0.865. The smallest absolute Gasteiger partial charge is 0.387 e. The number of hydrogen-bond donors (Lipinski definition) is 2. The van der Waals surface area contributed by atoms with E-state index in [0.29, 0.717) is 26.1 Å². The number of primary amides is 1. The molecule has 2 rings (SSSR count). The van der Waals surface area contributed by atoms with Crippen LogP contribution in [0.5, 0.6) is 11.5 Å². The predicted molar refractivity (Wildman–Crippen MR) is 103 cm³/mol. The molecule has 1 fully saturated rings. The van der Waals surface area contributed by atoms with Crippen molar-refractivity contribution in [1.82, 2.24) is 10.2 Å². The molecule has 0 saturated carbocycles. The van der Waals surface area contributed by atoms with Gasteiger partial charge in [-0.05, 0) is 43.4 Å². The lowest BCUT2D eigenvalue weighted by atomic mass is 9.95. The maximum absolute atomic E-state index is 12.6. The van der Waals surface area contributed by atoms with E-state index < -0.39 is 6.61 Å². The molecule has 3 N–H and O–H groups in total. The van der Waals surface area contributed by atoms with Crippen LogP contribution in [0.3, 0.4) is 0 Å². The van der Waals surface area contributed by atoms with Crippen molar-refractivity contribution in [3.05, 3.63) is 23.8 Å². The van der Waals surface area contributed by atoms with Crippen molar-refractivity contribution in [2.75, 3.05) is 26.7 Å². The third kappa shape index (κ3) is 6.54. The average Bonchev–Trinajstić information content (AvgIpc) is 2.64. The van der Waals surface area contributed by atoms with Gasteiger partial charge < -0.3 is 25.4 Å². The normalized spacial score (nSPS) is 17.5. The van der Waals surface area contributed by atoms with Crippen LogP contribution in [0.1, 0.15) is 31.7 Å². The fourth-order valence-electron chi connectivity index (χ4n) is 3.31. The molecule has 1 aromatic rings. The first-order valence-corrected chi connectivity index (χ1v) is 9.36. The maximum atomic E-state index is 12.6. The quantitative estimate of drug-likeness (QED) is 0.518. The van der Waals surface area contributed by atoms with Gasteiger partial charge in [-0.1, -0.05) is 6.07 Å². The Morgan fingerprint density at radius 1 is 1.43 bits per heavy atom. The zero-order valence-corrected chi connectivity index (χ0v) is 16.3. The highest BCUT2D eigenvalue weighted by atomic mass is 19.3. The van der Waals surface area contributed by atoms with E-state index in [1.54, 1.807) is 12.1 Å². The summed E-state index contributed by atoms with van der Waals surface area (Å²) in [6.45, 7) is 1.57. The molecule has 0 aliphatic carbocycles. The number of likely N-dealkylation sites (tertiary alicyclic amines) is 1. The van der Waals surface area contributed by atoms with Crippen molar-refractivity contribution in [3.8, 4) is 11.5 Å². The Balaban J connectivity index is 2.12. The Bertz CT molecular complexity index is 685. The highest BCUT2D eigenvalue weighted by molar-refractivity contribution is 5.80. The molecule has 0 radical (unpaired) electrons. The second kappa shape index (κ2) is 10.7. The second-order valence-corrected chi connectivity index (χ2v) is 6.66. The first-order valence-electron chi connectivity index (χ1n) is 9.36. The third-order valence-corrected chi connectivity index (χ3v) is 4.50. The highest BCUT2D eigenvalue weighted by Crippen LogP contribution is 2.29. The minimum absolute atomic E-state index is 0.0188. The number of piperidine rings is 1. The number of nitrogens with one attached hydrogen (secondary N) is 1. The summed E-state index contributed by atoms with van der Waals surface area (Å²) >= 11 is 0. The van der Waals surface area contributed by atoms with Crippen LogP contribution < -0.4 is 20.5 Å². The summed E-state index contributed by atoms with van der Waals surface area (Å²) in [4.78, 5) is 18.0. The lowest BCUT2D eigenvalue weighted by Crippen LogP contribution is -2.47. The van der Waals surface area contributed by atoms with Crippen LogP contribution in [0.25, 0.3) is 0 Å². The number of methoxy groups -OCH3 is 1. The fourth-order valence-corrected chi connectivity index (χ4v) is 3.31. The first-order chi connectivity index (χ1) is 13.4. The van der Waals surface area contributed by atoms with Crippen LogP contribution in [0.4, 0.5) is 8.78 Å². The van der Waals surface area contributed by atoms with E-state index in [1.165, 1.54) is 13.2 Å². The molecule has 1 aliphatic rings. The van der Waals surface area contributed by atoms with Gasteiger partial charge in [-0.3, -0.25) is 4.79 Å². The van der Waals surface area contributed by atoms with E-state index in [-0.39, 0.29) is 23.3 Å². The summed E-state index contributed by atoms with van der Waals surface area (Å²) in [7, 11) is 1.40. The Labute approximate surface area is 163 Å². The van der Waals surface area contributed by atoms with E-state index in [4.69, 9.17) is 10.5 Å². The number of alkyl halides is 2. The van der Waals surface area contributed by atoms with Gasteiger partial charge in [0.25, 0.3) is 0 Å². The Hall–Kier alpha value is -2.58. The van der Waals surface area contributed by atoms with Crippen LogP contribution in [0, 0.1) is 5.92 Å². The molecular weight excluding hydrogens is 370 g/mol. The van der Waals surface area contributed by atoms with Gasteiger partial charge in [0.05, 0.1) is 13.7 Å². The van der Waals surface area contributed by atoms with Gasteiger partial charge in [-0.2, -0.15) is 8.78 Å². The monoisotopic (exact) mass is 398 g/mol. The topological polar surface area (TPSA) is 89.2 Å². The fraction of sp³-hybridized carbons (Fsp3) is 0.579. The van der Waals surface area contributed by atoms with E-state index in [0.717, 1.165) is 30.9 Å². The van der Waals surface area contributed by atoms with Crippen molar-refractivity contribution in [1.29, 1.82) is 0 Å². The summed E-state index contributed by atoms with van der Waals surface area (Å²) in [5.41, 5.74) is 6.05. The number of nitrogens with two attached hydrogens (primary N) is 1.